The molecular weight excluding hydrogens is 386 g/mol. The van der Waals surface area contributed by atoms with Gasteiger partial charge < -0.3 is 5.32 Å². The van der Waals surface area contributed by atoms with Gasteiger partial charge >= 0.3 is 0 Å². The van der Waals surface area contributed by atoms with Crippen LogP contribution in [-0.4, -0.2) is 15.8 Å². The van der Waals surface area contributed by atoms with Crippen LogP contribution in [0.25, 0.3) is 0 Å². The first kappa shape index (κ1) is 18.1. The molecule has 0 heterocycles. The van der Waals surface area contributed by atoms with E-state index >= 15 is 0 Å². The Hall–Kier alpha value is -2.23. The second kappa shape index (κ2) is 8.57. The smallest absolute Gasteiger partial charge is 0.257 e. The molecule has 0 aliphatic rings. The SMILES string of the molecule is Cc1ccc(NC(=S)NC(=O)c2ccccc2C[C@@H](Br)C#N)cc1. The van der Waals surface area contributed by atoms with E-state index in [2.05, 4.69) is 32.6 Å². The summed E-state index contributed by atoms with van der Waals surface area (Å²) in [6, 6.07) is 17.0. The van der Waals surface area contributed by atoms with Crippen LogP contribution in [0.4, 0.5) is 5.69 Å². The molecule has 1 atom stereocenters. The van der Waals surface area contributed by atoms with Gasteiger partial charge in [-0.15, -0.1) is 0 Å². The maximum absolute atomic E-state index is 12.5. The van der Waals surface area contributed by atoms with E-state index in [1.165, 1.54) is 0 Å². The number of carbonyl (C=O) groups excluding carboxylic acids is 1. The van der Waals surface area contributed by atoms with Crippen molar-refractivity contribution in [3.05, 3.63) is 65.2 Å². The number of hydrogen-bond acceptors (Lipinski definition) is 3. The van der Waals surface area contributed by atoms with Crippen LogP contribution in [0.5, 0.6) is 0 Å². The Balaban J connectivity index is 2.05. The third-order valence-electron chi connectivity index (χ3n) is 3.34. The average molecular weight is 402 g/mol. The molecule has 0 unspecified atom stereocenters. The van der Waals surface area contributed by atoms with Crippen LogP contribution < -0.4 is 10.6 Å². The summed E-state index contributed by atoms with van der Waals surface area (Å²) in [7, 11) is 0. The summed E-state index contributed by atoms with van der Waals surface area (Å²) >= 11 is 8.46. The van der Waals surface area contributed by atoms with Crippen LogP contribution in [0.15, 0.2) is 48.5 Å². The zero-order valence-corrected chi connectivity index (χ0v) is 15.4. The van der Waals surface area contributed by atoms with Crippen molar-refractivity contribution in [3.8, 4) is 6.07 Å². The van der Waals surface area contributed by atoms with E-state index in [4.69, 9.17) is 17.5 Å². The summed E-state index contributed by atoms with van der Waals surface area (Å²) in [5, 5.41) is 14.8. The molecule has 2 rings (SSSR count). The zero-order valence-electron chi connectivity index (χ0n) is 13.0. The van der Waals surface area contributed by atoms with Gasteiger partial charge in [0.15, 0.2) is 5.11 Å². The zero-order chi connectivity index (χ0) is 17.5. The summed E-state index contributed by atoms with van der Waals surface area (Å²) in [5.41, 5.74) is 3.25. The Bertz CT molecular complexity index is 784. The van der Waals surface area contributed by atoms with Crippen LogP contribution in [0.3, 0.4) is 0 Å². The Labute approximate surface area is 155 Å². The van der Waals surface area contributed by atoms with Gasteiger partial charge in [-0.2, -0.15) is 5.26 Å². The number of nitrogens with zero attached hydrogens (tertiary/aromatic N) is 1. The van der Waals surface area contributed by atoms with Gasteiger partial charge in [-0.05, 0) is 49.3 Å². The van der Waals surface area contributed by atoms with Crippen molar-refractivity contribution in [1.82, 2.24) is 5.32 Å². The molecule has 2 N–H and O–H groups in total. The highest BCUT2D eigenvalue weighted by molar-refractivity contribution is 9.09. The number of benzene rings is 2. The van der Waals surface area contributed by atoms with Crippen molar-refractivity contribution >= 4 is 44.9 Å². The number of rotatable bonds is 4. The molecule has 0 bridgehead atoms. The molecule has 1 amide bonds. The predicted octanol–water partition coefficient (Wildman–Crippen LogP) is 3.95. The van der Waals surface area contributed by atoms with Gasteiger partial charge in [-0.3, -0.25) is 10.1 Å². The number of hydrogen-bond donors (Lipinski definition) is 2. The Morgan fingerprint density at radius 2 is 1.92 bits per heavy atom. The van der Waals surface area contributed by atoms with Gasteiger partial charge in [0.1, 0.15) is 4.83 Å². The fourth-order valence-electron chi connectivity index (χ4n) is 2.13. The molecular formula is C18H16BrN3OS. The van der Waals surface area contributed by atoms with Gasteiger partial charge in [0.2, 0.25) is 0 Å². The summed E-state index contributed by atoms with van der Waals surface area (Å²) < 4.78 is 0. The molecule has 6 heteroatoms. The highest BCUT2D eigenvalue weighted by Crippen LogP contribution is 2.15. The molecule has 2 aromatic rings. The van der Waals surface area contributed by atoms with E-state index in [0.717, 1.165) is 16.8 Å². The Kier molecular flexibility index (Phi) is 6.47. The monoisotopic (exact) mass is 401 g/mol. The standard InChI is InChI=1S/C18H16BrN3OS/c1-12-6-8-15(9-7-12)21-18(24)22-17(23)16-5-3-2-4-13(16)10-14(19)11-20/h2-9,14H,10H2,1H3,(H2,21,22,23,24)/t14-/m1/s1. The Morgan fingerprint density at radius 1 is 1.25 bits per heavy atom. The highest BCUT2D eigenvalue weighted by atomic mass is 79.9. The largest absolute Gasteiger partial charge is 0.332 e. The summed E-state index contributed by atoms with van der Waals surface area (Å²) in [6.45, 7) is 2.00. The van der Waals surface area contributed by atoms with Gasteiger partial charge in [0, 0.05) is 11.3 Å². The van der Waals surface area contributed by atoms with E-state index in [-0.39, 0.29) is 15.8 Å². The van der Waals surface area contributed by atoms with Crippen LogP contribution in [0.2, 0.25) is 0 Å². The summed E-state index contributed by atoms with van der Waals surface area (Å²) in [5.74, 6) is -0.298. The first-order chi connectivity index (χ1) is 11.5. The lowest BCUT2D eigenvalue weighted by molar-refractivity contribution is 0.0977. The number of alkyl halides is 1. The van der Waals surface area contributed by atoms with E-state index in [9.17, 15) is 4.79 Å². The molecule has 0 aliphatic carbocycles. The number of nitriles is 1. The molecule has 0 fully saturated rings. The number of halogens is 1. The number of aryl methyl sites for hydroxylation is 1. The van der Waals surface area contributed by atoms with Gasteiger partial charge in [-0.25, -0.2) is 0 Å². The molecule has 122 valence electrons. The van der Waals surface area contributed by atoms with Crippen molar-refractivity contribution < 1.29 is 4.79 Å². The molecule has 0 saturated heterocycles. The first-order valence-electron chi connectivity index (χ1n) is 7.30. The third-order valence-corrected chi connectivity index (χ3v) is 4.07. The van der Waals surface area contributed by atoms with Gasteiger partial charge in [-0.1, -0.05) is 51.8 Å². The van der Waals surface area contributed by atoms with Crippen LogP contribution in [0.1, 0.15) is 21.5 Å². The van der Waals surface area contributed by atoms with E-state index in [0.29, 0.717) is 12.0 Å². The van der Waals surface area contributed by atoms with Crippen LogP contribution in [0, 0.1) is 18.3 Å². The first-order valence-corrected chi connectivity index (χ1v) is 8.62. The number of anilines is 1. The fourth-order valence-corrected chi connectivity index (χ4v) is 2.69. The summed E-state index contributed by atoms with van der Waals surface area (Å²) in [6.07, 6.45) is 0.443. The van der Waals surface area contributed by atoms with Gasteiger partial charge in [0.05, 0.1) is 6.07 Å². The van der Waals surface area contributed by atoms with Crippen LogP contribution >= 0.6 is 28.1 Å². The normalized spacial score (nSPS) is 11.2. The molecule has 0 saturated carbocycles. The lowest BCUT2D eigenvalue weighted by Gasteiger charge is -2.12. The molecule has 2 aromatic carbocycles. The average Bonchev–Trinajstić information content (AvgIpc) is 2.57. The molecule has 4 nitrogen and oxygen atoms in total. The molecule has 0 aliphatic heterocycles. The van der Waals surface area contributed by atoms with Crippen molar-refractivity contribution in [1.29, 1.82) is 5.26 Å². The fraction of sp³-hybridized carbons (Fsp3) is 0.167. The van der Waals surface area contributed by atoms with E-state index in [1.807, 2.05) is 43.3 Å². The van der Waals surface area contributed by atoms with E-state index < -0.39 is 0 Å². The molecule has 0 radical (unpaired) electrons. The molecule has 0 aromatic heterocycles. The van der Waals surface area contributed by atoms with Crippen molar-refractivity contribution in [3.63, 3.8) is 0 Å². The lowest BCUT2D eigenvalue weighted by Crippen LogP contribution is -2.34. The number of amides is 1. The second-order valence-electron chi connectivity index (χ2n) is 5.23. The maximum Gasteiger partial charge on any atom is 0.257 e. The minimum atomic E-state index is -0.343. The third kappa shape index (κ3) is 5.15. The quantitative estimate of drug-likeness (QED) is 0.601. The summed E-state index contributed by atoms with van der Waals surface area (Å²) in [4.78, 5) is 12.1. The minimum absolute atomic E-state index is 0.231. The molecule has 0 spiro atoms. The van der Waals surface area contributed by atoms with Gasteiger partial charge in [0.25, 0.3) is 5.91 Å². The predicted molar refractivity (Wildman–Crippen MR) is 103 cm³/mol. The maximum atomic E-state index is 12.5. The number of nitrogens with one attached hydrogen (secondary N) is 2. The van der Waals surface area contributed by atoms with E-state index in [1.54, 1.807) is 12.1 Å². The molecule has 24 heavy (non-hydrogen) atoms. The highest BCUT2D eigenvalue weighted by Gasteiger charge is 2.14. The number of thiocarbonyl (C=S) groups is 1. The topological polar surface area (TPSA) is 64.9 Å². The number of carbonyl (C=O) groups is 1. The van der Waals surface area contributed by atoms with Crippen molar-refractivity contribution in [2.75, 3.05) is 5.32 Å². The lowest BCUT2D eigenvalue weighted by atomic mass is 10.0. The van der Waals surface area contributed by atoms with Crippen molar-refractivity contribution in [2.45, 2.75) is 18.2 Å². The second-order valence-corrected chi connectivity index (χ2v) is 6.75. The Morgan fingerprint density at radius 3 is 2.58 bits per heavy atom. The van der Waals surface area contributed by atoms with Crippen LogP contribution in [-0.2, 0) is 6.42 Å². The van der Waals surface area contributed by atoms with Crippen molar-refractivity contribution in [2.24, 2.45) is 0 Å². The minimum Gasteiger partial charge on any atom is -0.332 e.